The number of ether oxygens (including phenoxy) is 2. The van der Waals surface area contributed by atoms with Crippen LogP contribution < -0.4 is 0 Å². The van der Waals surface area contributed by atoms with Crippen molar-refractivity contribution in [3.8, 4) is 0 Å². The molecular weight excluding hydrogens is 750 g/mol. The lowest BCUT2D eigenvalue weighted by Gasteiger charge is -2.24. The first-order chi connectivity index (χ1) is 28.0. The van der Waals surface area contributed by atoms with Crippen LogP contribution in [0.3, 0.4) is 0 Å². The number of nitrogens with zero attached hydrogens (tertiary/aromatic N) is 1. The highest BCUT2D eigenvalue weighted by Gasteiger charge is 2.27. The SMILES string of the molecule is CC/C=C/C/C=C/C/C=C/C/C=C/C/C=C/C/C=C/CCC(=O)OC[C@H](COP(=O)(O)OCC[N+](C)(C)C)OC(=O)CCCC/C=C/C/C=C/CCCCCCCC. The maximum absolute atomic E-state index is 12.7. The monoisotopic (exact) mass is 831 g/mol. The van der Waals surface area contributed by atoms with Gasteiger partial charge in [-0.05, 0) is 83.5 Å². The third-order valence-electron chi connectivity index (χ3n) is 8.61. The van der Waals surface area contributed by atoms with Crippen LogP contribution in [0, 0.1) is 0 Å². The van der Waals surface area contributed by atoms with Gasteiger partial charge in [0.15, 0.2) is 6.10 Å². The highest BCUT2D eigenvalue weighted by Crippen LogP contribution is 2.43. The van der Waals surface area contributed by atoms with Gasteiger partial charge in [-0.15, -0.1) is 0 Å². The fourth-order valence-corrected chi connectivity index (χ4v) is 5.93. The standard InChI is InChI=1S/C48H80NO8P/c1-6-8-10-12-14-16-18-20-22-23-24-25-27-28-30-32-34-36-38-40-47(50)54-44-46(45-56-58(52,53)55-43-42-49(3,4)5)57-48(51)41-39-37-35-33-31-29-26-21-19-17-15-13-11-9-7-2/h8,10,14,16,20-22,24-26,28,30-31,33-34,36,46H,6-7,9,11-13,15,17-19,23,27,29,32,35,37-45H2,1-5H3/p+1/b10-8+,16-14+,22-20+,25-24+,26-21+,30-28+,33-31+,36-34+/t46-/m1/s1. The first-order valence-corrected chi connectivity index (χ1v) is 23.5. The van der Waals surface area contributed by atoms with Crippen molar-refractivity contribution in [2.45, 2.75) is 148 Å². The van der Waals surface area contributed by atoms with Crippen molar-refractivity contribution in [1.82, 2.24) is 0 Å². The average molecular weight is 831 g/mol. The molecule has 0 saturated heterocycles. The minimum atomic E-state index is -4.41. The summed E-state index contributed by atoms with van der Waals surface area (Å²) in [6.07, 6.45) is 51.9. The maximum atomic E-state index is 12.7. The quantitative estimate of drug-likeness (QED) is 0.0215. The second kappa shape index (κ2) is 39.4. The Morgan fingerprint density at radius 2 is 1.02 bits per heavy atom. The van der Waals surface area contributed by atoms with E-state index < -0.39 is 32.5 Å². The summed E-state index contributed by atoms with van der Waals surface area (Å²) in [7, 11) is 1.40. The van der Waals surface area contributed by atoms with E-state index in [4.69, 9.17) is 18.5 Å². The highest BCUT2D eigenvalue weighted by molar-refractivity contribution is 7.47. The predicted molar refractivity (Wildman–Crippen MR) is 242 cm³/mol. The fourth-order valence-electron chi connectivity index (χ4n) is 5.19. The van der Waals surface area contributed by atoms with Crippen molar-refractivity contribution in [3.05, 3.63) is 97.2 Å². The Balaban J connectivity index is 4.56. The number of quaternary nitrogens is 1. The van der Waals surface area contributed by atoms with E-state index in [-0.39, 0.29) is 26.1 Å². The van der Waals surface area contributed by atoms with Gasteiger partial charge in [0.25, 0.3) is 0 Å². The third-order valence-corrected chi connectivity index (χ3v) is 9.60. The van der Waals surface area contributed by atoms with Gasteiger partial charge < -0.3 is 18.9 Å². The first-order valence-electron chi connectivity index (χ1n) is 22.0. The summed E-state index contributed by atoms with van der Waals surface area (Å²) in [5, 5.41) is 0. The van der Waals surface area contributed by atoms with Gasteiger partial charge in [-0.2, -0.15) is 0 Å². The van der Waals surface area contributed by atoms with E-state index in [0.29, 0.717) is 23.9 Å². The van der Waals surface area contributed by atoms with E-state index in [1.54, 1.807) is 0 Å². The topological polar surface area (TPSA) is 108 Å². The molecule has 1 N–H and O–H groups in total. The van der Waals surface area contributed by atoms with E-state index in [0.717, 1.165) is 64.2 Å². The molecule has 0 radical (unpaired) electrons. The van der Waals surface area contributed by atoms with Gasteiger partial charge in [-0.1, -0.05) is 143 Å². The summed E-state index contributed by atoms with van der Waals surface area (Å²) in [4.78, 5) is 35.3. The number of phosphoric acid groups is 1. The van der Waals surface area contributed by atoms with Crippen molar-refractivity contribution < 1.29 is 42.1 Å². The number of carbonyl (C=O) groups excluding carboxylic acids is 2. The summed E-state index contributed by atoms with van der Waals surface area (Å²) < 4.78 is 34.2. The number of hydrogen-bond acceptors (Lipinski definition) is 7. The number of allylic oxidation sites excluding steroid dienone is 16. The Morgan fingerprint density at radius 1 is 0.552 bits per heavy atom. The van der Waals surface area contributed by atoms with Gasteiger partial charge in [-0.3, -0.25) is 18.6 Å². The molecule has 0 aromatic carbocycles. The Kier molecular flexibility index (Phi) is 37.3. The van der Waals surface area contributed by atoms with Gasteiger partial charge in [0.2, 0.25) is 0 Å². The zero-order valence-electron chi connectivity index (χ0n) is 37.0. The number of unbranched alkanes of at least 4 members (excludes halogenated alkanes) is 8. The van der Waals surface area contributed by atoms with Crippen LogP contribution in [0.15, 0.2) is 97.2 Å². The third kappa shape index (κ3) is 42.5. The van der Waals surface area contributed by atoms with Crippen molar-refractivity contribution in [3.63, 3.8) is 0 Å². The van der Waals surface area contributed by atoms with Crippen molar-refractivity contribution in [1.29, 1.82) is 0 Å². The lowest BCUT2D eigenvalue weighted by molar-refractivity contribution is -0.870. The minimum absolute atomic E-state index is 0.00917. The molecule has 0 aliphatic heterocycles. The van der Waals surface area contributed by atoms with Crippen molar-refractivity contribution in [2.24, 2.45) is 0 Å². The molecule has 2 atom stereocenters. The Bertz CT molecular complexity index is 1300. The molecule has 0 aliphatic rings. The molecule has 58 heavy (non-hydrogen) atoms. The summed E-state index contributed by atoms with van der Waals surface area (Å²) in [6.45, 7) is 4.15. The lowest BCUT2D eigenvalue weighted by Crippen LogP contribution is -2.37. The number of phosphoric ester groups is 1. The van der Waals surface area contributed by atoms with Gasteiger partial charge in [0.1, 0.15) is 19.8 Å². The van der Waals surface area contributed by atoms with Crippen LogP contribution in [-0.4, -0.2) is 74.9 Å². The van der Waals surface area contributed by atoms with Crippen LogP contribution in [0.4, 0.5) is 0 Å². The Morgan fingerprint density at radius 3 is 1.53 bits per heavy atom. The summed E-state index contributed by atoms with van der Waals surface area (Å²) in [5.74, 6) is -0.945. The van der Waals surface area contributed by atoms with E-state index in [9.17, 15) is 19.0 Å². The normalized spacial score (nSPS) is 14.5. The molecule has 0 heterocycles. The zero-order valence-corrected chi connectivity index (χ0v) is 37.9. The molecule has 10 heteroatoms. The molecular formula is C48H81NO8P+. The molecule has 0 amide bonds. The summed E-state index contributed by atoms with van der Waals surface area (Å²) in [6, 6.07) is 0. The van der Waals surface area contributed by atoms with Gasteiger partial charge >= 0.3 is 19.8 Å². The van der Waals surface area contributed by atoms with Crippen molar-refractivity contribution >= 4 is 19.8 Å². The molecule has 1 unspecified atom stereocenters. The molecule has 0 aliphatic carbocycles. The number of carbonyl (C=O) groups is 2. The lowest BCUT2D eigenvalue weighted by atomic mass is 10.1. The van der Waals surface area contributed by atoms with Crippen molar-refractivity contribution in [2.75, 3.05) is 47.5 Å². The van der Waals surface area contributed by atoms with Gasteiger partial charge in [0, 0.05) is 12.8 Å². The van der Waals surface area contributed by atoms with Crippen LogP contribution in [0.25, 0.3) is 0 Å². The molecule has 0 spiro atoms. The molecule has 0 aromatic heterocycles. The van der Waals surface area contributed by atoms with Crippen LogP contribution in [0.5, 0.6) is 0 Å². The largest absolute Gasteiger partial charge is 0.472 e. The van der Waals surface area contributed by atoms with Crippen LogP contribution in [0.2, 0.25) is 0 Å². The number of hydrogen-bond donors (Lipinski definition) is 1. The predicted octanol–water partition coefficient (Wildman–Crippen LogP) is 12.6. The maximum Gasteiger partial charge on any atom is 0.472 e. The van der Waals surface area contributed by atoms with Crippen LogP contribution >= 0.6 is 7.82 Å². The molecule has 9 nitrogen and oxygen atoms in total. The number of esters is 2. The van der Waals surface area contributed by atoms with E-state index in [2.05, 4.69) is 98.9 Å². The molecule has 0 rings (SSSR count). The molecule has 0 bridgehead atoms. The van der Waals surface area contributed by atoms with E-state index in [1.165, 1.54) is 38.5 Å². The molecule has 0 aromatic rings. The first kappa shape index (κ1) is 54.9. The Labute approximate surface area is 353 Å². The Hall–Kier alpha value is -3.07. The minimum Gasteiger partial charge on any atom is -0.462 e. The summed E-state index contributed by atoms with van der Waals surface area (Å²) >= 11 is 0. The van der Waals surface area contributed by atoms with Crippen LogP contribution in [0.1, 0.15) is 142 Å². The second-order valence-corrected chi connectivity index (χ2v) is 16.8. The zero-order chi connectivity index (χ0) is 42.8. The number of likely N-dealkylation sites (N-methyl/N-ethyl adjacent to an activating group) is 1. The van der Waals surface area contributed by atoms with E-state index >= 15 is 0 Å². The second-order valence-electron chi connectivity index (χ2n) is 15.3. The smallest absolute Gasteiger partial charge is 0.462 e. The molecule has 330 valence electrons. The van der Waals surface area contributed by atoms with Gasteiger partial charge in [-0.25, -0.2) is 4.57 Å². The average Bonchev–Trinajstić information content (AvgIpc) is 3.17. The number of rotatable bonds is 38. The fraction of sp³-hybridized carbons (Fsp3) is 0.625. The molecule has 0 fully saturated rings. The summed E-state index contributed by atoms with van der Waals surface area (Å²) in [5.41, 5.74) is 0. The molecule has 0 saturated carbocycles. The van der Waals surface area contributed by atoms with Gasteiger partial charge in [0.05, 0.1) is 27.7 Å². The van der Waals surface area contributed by atoms with E-state index in [1.807, 2.05) is 33.3 Å². The van der Waals surface area contributed by atoms with Crippen LogP contribution in [-0.2, 0) is 32.7 Å². The highest BCUT2D eigenvalue weighted by atomic mass is 31.2.